The molecule has 0 N–H and O–H groups in total. The van der Waals surface area contributed by atoms with Gasteiger partial charge in [-0.3, -0.25) is 4.98 Å². The molecule has 20 heavy (non-hydrogen) atoms. The Balaban J connectivity index is 2.03. The maximum atomic E-state index is 6.16. The SMILES string of the molecule is Clc1cncc(Cl)c1-c1ocnc1Cc1ccccc1. The molecule has 0 spiro atoms. The van der Waals surface area contributed by atoms with Gasteiger partial charge in [0.15, 0.2) is 12.2 Å². The number of pyridine rings is 1. The van der Waals surface area contributed by atoms with Gasteiger partial charge in [-0.15, -0.1) is 0 Å². The van der Waals surface area contributed by atoms with Gasteiger partial charge in [-0.05, 0) is 5.56 Å². The summed E-state index contributed by atoms with van der Waals surface area (Å²) in [6.07, 6.45) is 5.14. The molecule has 0 fully saturated rings. The van der Waals surface area contributed by atoms with Crippen LogP contribution in [0.25, 0.3) is 11.3 Å². The summed E-state index contributed by atoms with van der Waals surface area (Å²) in [5.41, 5.74) is 2.57. The van der Waals surface area contributed by atoms with Crippen molar-refractivity contribution in [2.75, 3.05) is 0 Å². The fourth-order valence-corrected chi connectivity index (χ4v) is 2.55. The molecule has 0 atom stereocenters. The highest BCUT2D eigenvalue weighted by molar-refractivity contribution is 6.38. The van der Waals surface area contributed by atoms with E-state index in [0.29, 0.717) is 27.8 Å². The van der Waals surface area contributed by atoms with Crippen molar-refractivity contribution in [3.8, 4) is 11.3 Å². The molecule has 0 unspecified atom stereocenters. The molecule has 100 valence electrons. The zero-order chi connectivity index (χ0) is 13.9. The highest BCUT2D eigenvalue weighted by Gasteiger charge is 2.17. The highest BCUT2D eigenvalue weighted by Crippen LogP contribution is 2.36. The van der Waals surface area contributed by atoms with Gasteiger partial charge in [-0.1, -0.05) is 53.5 Å². The van der Waals surface area contributed by atoms with E-state index in [-0.39, 0.29) is 0 Å². The Kier molecular flexibility index (Phi) is 3.72. The van der Waals surface area contributed by atoms with Crippen LogP contribution in [0.15, 0.2) is 53.5 Å². The molecule has 0 bridgehead atoms. The Morgan fingerprint density at radius 1 is 1.00 bits per heavy atom. The van der Waals surface area contributed by atoms with E-state index in [0.717, 1.165) is 11.3 Å². The average molecular weight is 305 g/mol. The Bertz CT molecular complexity index is 705. The van der Waals surface area contributed by atoms with E-state index in [9.17, 15) is 0 Å². The number of aromatic nitrogens is 2. The molecule has 3 nitrogen and oxygen atoms in total. The summed E-state index contributed by atoms with van der Waals surface area (Å²) in [5.74, 6) is 0.589. The highest BCUT2D eigenvalue weighted by atomic mass is 35.5. The van der Waals surface area contributed by atoms with Crippen LogP contribution in [0.4, 0.5) is 0 Å². The summed E-state index contributed by atoms with van der Waals surface area (Å²) in [5, 5.41) is 0.895. The van der Waals surface area contributed by atoms with Crippen molar-refractivity contribution < 1.29 is 4.42 Å². The molecule has 3 aromatic rings. The van der Waals surface area contributed by atoms with Crippen LogP contribution < -0.4 is 0 Å². The van der Waals surface area contributed by atoms with Crippen LogP contribution in [0.5, 0.6) is 0 Å². The van der Waals surface area contributed by atoms with Crippen molar-refractivity contribution in [2.24, 2.45) is 0 Å². The van der Waals surface area contributed by atoms with Crippen LogP contribution in [0, 0.1) is 0 Å². The Labute approximate surface area is 126 Å². The van der Waals surface area contributed by atoms with Crippen molar-refractivity contribution in [3.05, 3.63) is 70.4 Å². The average Bonchev–Trinajstić information content (AvgIpc) is 2.88. The fourth-order valence-electron chi connectivity index (χ4n) is 2.02. The maximum Gasteiger partial charge on any atom is 0.181 e. The van der Waals surface area contributed by atoms with Crippen LogP contribution in [0.2, 0.25) is 10.0 Å². The van der Waals surface area contributed by atoms with E-state index in [1.54, 1.807) is 0 Å². The van der Waals surface area contributed by atoms with Gasteiger partial charge in [-0.25, -0.2) is 4.98 Å². The molecule has 0 aliphatic rings. The first kappa shape index (κ1) is 13.2. The van der Waals surface area contributed by atoms with E-state index < -0.39 is 0 Å². The predicted molar refractivity (Wildman–Crippen MR) is 79.0 cm³/mol. The minimum atomic E-state index is 0.448. The van der Waals surface area contributed by atoms with Crippen molar-refractivity contribution in [1.29, 1.82) is 0 Å². The lowest BCUT2D eigenvalue weighted by Gasteiger charge is -2.05. The molecule has 2 heterocycles. The van der Waals surface area contributed by atoms with E-state index >= 15 is 0 Å². The summed E-state index contributed by atoms with van der Waals surface area (Å²) < 4.78 is 5.48. The summed E-state index contributed by atoms with van der Waals surface area (Å²) >= 11 is 12.3. The first-order valence-corrected chi connectivity index (χ1v) is 6.77. The van der Waals surface area contributed by atoms with Crippen molar-refractivity contribution in [1.82, 2.24) is 9.97 Å². The quantitative estimate of drug-likeness (QED) is 0.708. The second-order valence-corrected chi connectivity index (χ2v) is 5.08. The molecule has 0 aliphatic carbocycles. The number of oxazole rings is 1. The molecule has 3 rings (SSSR count). The third-order valence-corrected chi connectivity index (χ3v) is 3.51. The molecule has 0 radical (unpaired) electrons. The van der Waals surface area contributed by atoms with E-state index in [1.807, 2.05) is 30.3 Å². The zero-order valence-corrected chi connectivity index (χ0v) is 11.9. The summed E-state index contributed by atoms with van der Waals surface area (Å²) in [7, 11) is 0. The van der Waals surface area contributed by atoms with Gasteiger partial charge in [0.2, 0.25) is 0 Å². The van der Waals surface area contributed by atoms with E-state index in [2.05, 4.69) is 9.97 Å². The molecule has 0 saturated heterocycles. The fraction of sp³-hybridized carbons (Fsp3) is 0.0667. The first-order chi connectivity index (χ1) is 9.75. The zero-order valence-electron chi connectivity index (χ0n) is 10.4. The molecule has 1 aromatic carbocycles. The minimum absolute atomic E-state index is 0.448. The minimum Gasteiger partial charge on any atom is -0.443 e. The standard InChI is InChI=1S/C15H10Cl2N2O/c16-11-7-18-8-12(17)14(11)15-13(19-9-20-15)6-10-4-2-1-3-5-10/h1-5,7-9H,6H2. The summed E-state index contributed by atoms with van der Waals surface area (Å²) in [6.45, 7) is 0. The number of halogens is 2. The van der Waals surface area contributed by atoms with Gasteiger partial charge in [0, 0.05) is 18.8 Å². The second kappa shape index (κ2) is 5.65. The number of hydrogen-bond acceptors (Lipinski definition) is 3. The molecule has 2 aromatic heterocycles. The Morgan fingerprint density at radius 2 is 1.70 bits per heavy atom. The van der Waals surface area contributed by atoms with Gasteiger partial charge in [0.1, 0.15) is 0 Å². The largest absolute Gasteiger partial charge is 0.443 e. The topological polar surface area (TPSA) is 38.9 Å². The molecule has 5 heteroatoms. The van der Waals surface area contributed by atoms with E-state index in [1.165, 1.54) is 18.8 Å². The smallest absolute Gasteiger partial charge is 0.181 e. The van der Waals surface area contributed by atoms with Crippen LogP contribution >= 0.6 is 23.2 Å². The van der Waals surface area contributed by atoms with Crippen molar-refractivity contribution in [2.45, 2.75) is 6.42 Å². The molecule has 0 saturated carbocycles. The lowest BCUT2D eigenvalue weighted by Crippen LogP contribution is -1.92. The molecule has 0 amide bonds. The van der Waals surface area contributed by atoms with Gasteiger partial charge < -0.3 is 4.42 Å². The number of benzene rings is 1. The second-order valence-electron chi connectivity index (χ2n) is 4.27. The van der Waals surface area contributed by atoms with Gasteiger partial charge in [0.05, 0.1) is 21.3 Å². The Hall–Kier alpha value is -1.84. The first-order valence-electron chi connectivity index (χ1n) is 6.01. The predicted octanol–water partition coefficient (Wildman–Crippen LogP) is 4.63. The third kappa shape index (κ3) is 2.55. The summed E-state index contributed by atoms with van der Waals surface area (Å²) in [6, 6.07) is 10.0. The third-order valence-electron chi connectivity index (χ3n) is 2.94. The Morgan fingerprint density at radius 3 is 2.40 bits per heavy atom. The lowest BCUT2D eigenvalue weighted by molar-refractivity contribution is 0.571. The molecule has 0 aliphatic heterocycles. The monoisotopic (exact) mass is 304 g/mol. The molecular formula is C15H10Cl2N2O. The van der Waals surface area contributed by atoms with Crippen molar-refractivity contribution in [3.63, 3.8) is 0 Å². The van der Waals surface area contributed by atoms with Gasteiger partial charge in [-0.2, -0.15) is 0 Å². The number of hydrogen-bond donors (Lipinski definition) is 0. The number of rotatable bonds is 3. The van der Waals surface area contributed by atoms with Gasteiger partial charge in [0.25, 0.3) is 0 Å². The van der Waals surface area contributed by atoms with E-state index in [4.69, 9.17) is 27.6 Å². The van der Waals surface area contributed by atoms with Crippen LogP contribution in [-0.2, 0) is 6.42 Å². The summed E-state index contributed by atoms with van der Waals surface area (Å²) in [4.78, 5) is 8.21. The maximum absolute atomic E-state index is 6.16. The van der Waals surface area contributed by atoms with Crippen molar-refractivity contribution >= 4 is 23.2 Å². The molecular weight excluding hydrogens is 295 g/mol. The normalized spacial score (nSPS) is 10.7. The van der Waals surface area contributed by atoms with Gasteiger partial charge >= 0.3 is 0 Å². The number of nitrogens with zero attached hydrogens (tertiary/aromatic N) is 2. The van der Waals surface area contributed by atoms with Crippen LogP contribution in [-0.4, -0.2) is 9.97 Å². The van der Waals surface area contributed by atoms with Crippen LogP contribution in [0.1, 0.15) is 11.3 Å². The van der Waals surface area contributed by atoms with Crippen LogP contribution in [0.3, 0.4) is 0 Å². The lowest BCUT2D eigenvalue weighted by atomic mass is 10.1.